The summed E-state index contributed by atoms with van der Waals surface area (Å²) >= 11 is 0. The van der Waals surface area contributed by atoms with Crippen molar-refractivity contribution in [3.63, 3.8) is 0 Å². The Kier molecular flexibility index (Phi) is 7.08. The molecular weight excluding hydrogens is 511 g/mol. The number of aromatic amines is 1. The minimum atomic E-state index is -0.910. The molecule has 0 spiro atoms. The highest BCUT2D eigenvalue weighted by atomic mass is 19.1. The molecule has 4 N–H and O–H groups in total. The van der Waals surface area contributed by atoms with Gasteiger partial charge >= 0.3 is 6.03 Å². The highest BCUT2D eigenvalue weighted by Gasteiger charge is 2.34. The molecule has 5 rings (SSSR count). The molecule has 0 radical (unpaired) electrons. The molecule has 1 atom stereocenters. The van der Waals surface area contributed by atoms with Crippen LogP contribution in [0.25, 0.3) is 10.9 Å². The number of H-pyrrole nitrogens is 1. The molecule has 1 aliphatic heterocycles. The molecule has 2 heterocycles. The van der Waals surface area contributed by atoms with Crippen LogP contribution in [-0.2, 0) is 11.3 Å². The largest absolute Gasteiger partial charge is 0.348 e. The maximum atomic E-state index is 14.9. The molecule has 40 heavy (non-hydrogen) atoms. The summed E-state index contributed by atoms with van der Waals surface area (Å²) in [5.41, 5.74) is 5.30. The molecule has 0 fully saturated rings. The monoisotopic (exact) mass is 540 g/mol. The second kappa shape index (κ2) is 10.6. The highest BCUT2D eigenvalue weighted by Crippen LogP contribution is 2.31. The van der Waals surface area contributed by atoms with Crippen molar-refractivity contribution in [2.24, 2.45) is 0 Å². The van der Waals surface area contributed by atoms with Gasteiger partial charge in [-0.1, -0.05) is 24.3 Å². The topological polar surface area (TPSA) is 119 Å². The van der Waals surface area contributed by atoms with Gasteiger partial charge in [-0.3, -0.25) is 14.7 Å². The Labute approximate surface area is 230 Å². The van der Waals surface area contributed by atoms with E-state index in [1.54, 1.807) is 26.2 Å². The lowest BCUT2D eigenvalue weighted by Crippen LogP contribution is -2.47. The van der Waals surface area contributed by atoms with Crippen LogP contribution in [0.2, 0.25) is 0 Å². The van der Waals surface area contributed by atoms with Crippen LogP contribution < -0.4 is 20.9 Å². The van der Waals surface area contributed by atoms with E-state index in [0.29, 0.717) is 16.9 Å². The van der Waals surface area contributed by atoms with Crippen LogP contribution in [0.1, 0.15) is 45.6 Å². The van der Waals surface area contributed by atoms with E-state index < -0.39 is 23.8 Å². The zero-order valence-electron chi connectivity index (χ0n) is 22.6. The summed E-state index contributed by atoms with van der Waals surface area (Å²) in [6.45, 7) is 5.77. The number of allylic oxidation sites excluding steroid dienone is 1. The van der Waals surface area contributed by atoms with Gasteiger partial charge in [-0.25, -0.2) is 9.18 Å². The molecule has 1 unspecified atom stereocenters. The first kappa shape index (κ1) is 26.6. The fraction of sp³-hybridized carbons (Fsp3) is 0.200. The Hall–Kier alpha value is -4.99. The number of urea groups is 1. The van der Waals surface area contributed by atoms with E-state index >= 15 is 0 Å². The third kappa shape index (κ3) is 5.03. The van der Waals surface area contributed by atoms with Crippen molar-refractivity contribution in [2.75, 3.05) is 11.9 Å². The lowest BCUT2D eigenvalue weighted by Gasteiger charge is -2.31. The number of halogens is 1. The number of aryl methyl sites for hydroxylation is 2. The average Bonchev–Trinajstić information content (AvgIpc) is 3.40. The fourth-order valence-electron chi connectivity index (χ4n) is 4.95. The number of aromatic nitrogens is 2. The van der Waals surface area contributed by atoms with E-state index in [4.69, 9.17) is 0 Å². The molecule has 9 nitrogen and oxygen atoms in total. The first-order valence-electron chi connectivity index (χ1n) is 12.8. The van der Waals surface area contributed by atoms with Gasteiger partial charge in [0.2, 0.25) is 0 Å². The van der Waals surface area contributed by atoms with Crippen LogP contribution in [-0.4, -0.2) is 35.1 Å². The maximum absolute atomic E-state index is 14.9. The second-order valence-corrected chi connectivity index (χ2v) is 9.87. The smallest absolute Gasteiger partial charge is 0.319 e. The molecular formula is C30H29FN6O3. The third-order valence-corrected chi connectivity index (χ3v) is 7.25. The number of benzene rings is 3. The molecule has 204 valence electrons. The van der Waals surface area contributed by atoms with Gasteiger partial charge in [-0.15, -0.1) is 0 Å². The number of nitrogens with zero attached hydrogens (tertiary/aromatic N) is 2. The van der Waals surface area contributed by atoms with Gasteiger partial charge in [0, 0.05) is 30.4 Å². The minimum Gasteiger partial charge on any atom is -0.348 e. The summed E-state index contributed by atoms with van der Waals surface area (Å²) in [6, 6.07) is 13.9. The number of carbonyl (C=O) groups is 3. The molecule has 1 aliphatic rings. The number of rotatable bonds is 6. The fourth-order valence-corrected chi connectivity index (χ4v) is 4.95. The van der Waals surface area contributed by atoms with Crippen molar-refractivity contribution in [1.82, 2.24) is 26.1 Å². The van der Waals surface area contributed by atoms with E-state index in [9.17, 15) is 18.8 Å². The molecule has 0 saturated carbocycles. The van der Waals surface area contributed by atoms with Crippen LogP contribution in [0.4, 0.5) is 14.9 Å². The van der Waals surface area contributed by atoms with Gasteiger partial charge in [0.05, 0.1) is 28.9 Å². The van der Waals surface area contributed by atoms with Gasteiger partial charge in [0.15, 0.2) is 0 Å². The van der Waals surface area contributed by atoms with Crippen LogP contribution in [0.3, 0.4) is 0 Å². The van der Waals surface area contributed by atoms with Crippen molar-refractivity contribution in [2.45, 2.75) is 33.4 Å². The Morgan fingerprint density at radius 1 is 1.05 bits per heavy atom. The van der Waals surface area contributed by atoms with E-state index in [0.717, 1.165) is 27.6 Å². The zero-order valence-corrected chi connectivity index (χ0v) is 22.6. The van der Waals surface area contributed by atoms with Crippen molar-refractivity contribution in [3.05, 3.63) is 106 Å². The van der Waals surface area contributed by atoms with Gasteiger partial charge in [-0.05, 0) is 73.4 Å². The average molecular weight is 541 g/mol. The number of hydrogen-bond acceptors (Lipinski definition) is 4. The molecule has 0 aliphatic carbocycles. The molecule has 10 heteroatoms. The van der Waals surface area contributed by atoms with E-state index in [2.05, 4.69) is 26.1 Å². The predicted molar refractivity (Wildman–Crippen MR) is 150 cm³/mol. The van der Waals surface area contributed by atoms with Gasteiger partial charge in [0.1, 0.15) is 5.82 Å². The quantitative estimate of drug-likeness (QED) is 0.287. The normalized spacial score (nSPS) is 15.0. The summed E-state index contributed by atoms with van der Waals surface area (Å²) in [4.78, 5) is 40.8. The minimum absolute atomic E-state index is 0.181. The van der Waals surface area contributed by atoms with Crippen molar-refractivity contribution in [1.29, 1.82) is 0 Å². The molecule has 3 aromatic carbocycles. The number of likely N-dealkylation sites (N-methyl/N-ethyl adjacent to an activating group) is 1. The third-order valence-electron chi connectivity index (χ3n) is 7.25. The maximum Gasteiger partial charge on any atom is 0.319 e. The van der Waals surface area contributed by atoms with Crippen molar-refractivity contribution in [3.8, 4) is 0 Å². The Morgan fingerprint density at radius 3 is 2.55 bits per heavy atom. The predicted octanol–water partition coefficient (Wildman–Crippen LogP) is 4.54. The van der Waals surface area contributed by atoms with Gasteiger partial charge < -0.3 is 20.9 Å². The standard InChI is InChI=1S/C30H29FN6O3/c1-16-6-5-7-17(2)23(16)15-32-28(38)22-13-19(8-10-24(22)31)27-26(18(3)34-30(40)35-27)29(39)37(4)21-9-11-25-20(12-21)14-33-36-25/h5-14,27H,15H2,1-4H3,(H,32,38)(H,33,36)(H2,34,35,40). The summed E-state index contributed by atoms with van der Waals surface area (Å²) in [5.74, 6) is -1.67. The van der Waals surface area contributed by atoms with Gasteiger partial charge in [-0.2, -0.15) is 5.10 Å². The number of amides is 4. The first-order valence-corrected chi connectivity index (χ1v) is 12.8. The first-order chi connectivity index (χ1) is 19.1. The lowest BCUT2D eigenvalue weighted by atomic mass is 9.93. The van der Waals surface area contributed by atoms with Crippen LogP contribution >= 0.6 is 0 Å². The van der Waals surface area contributed by atoms with E-state index in [1.165, 1.54) is 23.1 Å². The summed E-state index contributed by atoms with van der Waals surface area (Å²) in [5, 5.41) is 15.9. The number of fused-ring (bicyclic) bond motifs is 1. The van der Waals surface area contributed by atoms with Crippen LogP contribution in [0, 0.1) is 19.7 Å². The van der Waals surface area contributed by atoms with E-state index in [-0.39, 0.29) is 23.6 Å². The number of hydrogen-bond donors (Lipinski definition) is 4. The number of carbonyl (C=O) groups excluding carboxylic acids is 3. The summed E-state index contributed by atoms with van der Waals surface area (Å²) in [7, 11) is 1.63. The lowest BCUT2D eigenvalue weighted by molar-refractivity contribution is -0.115. The van der Waals surface area contributed by atoms with Crippen LogP contribution in [0.5, 0.6) is 0 Å². The molecule has 0 bridgehead atoms. The molecule has 0 saturated heterocycles. The number of anilines is 1. The van der Waals surface area contributed by atoms with Crippen molar-refractivity contribution < 1.29 is 18.8 Å². The molecule has 4 amide bonds. The Balaban J connectivity index is 1.44. The van der Waals surface area contributed by atoms with Gasteiger partial charge in [0.25, 0.3) is 11.8 Å². The molecule has 4 aromatic rings. The summed E-state index contributed by atoms with van der Waals surface area (Å²) in [6.07, 6.45) is 1.67. The second-order valence-electron chi connectivity index (χ2n) is 9.87. The Bertz CT molecular complexity index is 1670. The molecule has 1 aromatic heterocycles. The number of nitrogens with one attached hydrogen (secondary N) is 4. The van der Waals surface area contributed by atoms with E-state index in [1.807, 2.05) is 44.2 Å². The highest BCUT2D eigenvalue weighted by molar-refractivity contribution is 6.08. The SMILES string of the molecule is CC1=C(C(=O)N(C)c2ccc3[nH]ncc3c2)C(c2ccc(F)c(C(=O)NCc3c(C)cccc3C)c2)NC(=O)N1. The Morgan fingerprint density at radius 2 is 1.80 bits per heavy atom. The summed E-state index contributed by atoms with van der Waals surface area (Å²) < 4.78 is 14.9. The van der Waals surface area contributed by atoms with Crippen molar-refractivity contribution >= 4 is 34.4 Å². The van der Waals surface area contributed by atoms with Crippen LogP contribution in [0.15, 0.2) is 72.1 Å². The zero-order chi connectivity index (χ0) is 28.6.